The van der Waals surface area contributed by atoms with E-state index in [4.69, 9.17) is 9.47 Å². The van der Waals surface area contributed by atoms with E-state index in [9.17, 15) is 18.0 Å². The van der Waals surface area contributed by atoms with Gasteiger partial charge in [-0.25, -0.2) is 12.8 Å². The van der Waals surface area contributed by atoms with Crippen LogP contribution in [0.4, 0.5) is 10.1 Å². The van der Waals surface area contributed by atoms with Crippen molar-refractivity contribution in [1.29, 1.82) is 0 Å². The first-order chi connectivity index (χ1) is 22.5. The second-order valence-electron chi connectivity index (χ2n) is 11.3. The Morgan fingerprint density at radius 2 is 1.45 bits per heavy atom. The largest absolute Gasteiger partial charge is 0.493 e. The summed E-state index contributed by atoms with van der Waals surface area (Å²) in [6.07, 6.45) is 0.118. The van der Waals surface area contributed by atoms with Crippen LogP contribution < -0.4 is 19.1 Å². The van der Waals surface area contributed by atoms with Crippen LogP contribution in [0.1, 0.15) is 25.0 Å². The zero-order valence-electron chi connectivity index (χ0n) is 26.9. The van der Waals surface area contributed by atoms with E-state index in [1.165, 1.54) is 61.6 Å². The van der Waals surface area contributed by atoms with E-state index in [1.807, 2.05) is 44.2 Å². The molecular formula is C36H40FN3O6S. The first kappa shape index (κ1) is 35.0. The summed E-state index contributed by atoms with van der Waals surface area (Å²) in [7, 11) is -1.44. The van der Waals surface area contributed by atoms with Crippen molar-refractivity contribution >= 4 is 27.5 Å². The first-order valence-electron chi connectivity index (χ1n) is 15.2. The summed E-state index contributed by atoms with van der Waals surface area (Å²) in [5.41, 5.74) is 1.09. The molecule has 2 amide bonds. The number of ether oxygens (including phenoxy) is 2. The van der Waals surface area contributed by atoms with Gasteiger partial charge in [-0.3, -0.25) is 13.9 Å². The normalized spacial score (nSPS) is 11.9. The summed E-state index contributed by atoms with van der Waals surface area (Å²) in [6.45, 7) is 3.29. The van der Waals surface area contributed by atoms with Gasteiger partial charge in [0.05, 0.1) is 24.8 Å². The quantitative estimate of drug-likeness (QED) is 0.182. The van der Waals surface area contributed by atoms with Crippen LogP contribution in [0.25, 0.3) is 0 Å². The Hall–Kier alpha value is -4.90. The molecule has 0 aliphatic heterocycles. The number of amides is 2. The third kappa shape index (κ3) is 8.88. The summed E-state index contributed by atoms with van der Waals surface area (Å²) >= 11 is 0. The molecule has 4 aromatic carbocycles. The lowest BCUT2D eigenvalue weighted by Gasteiger charge is -2.34. The van der Waals surface area contributed by atoms with Gasteiger partial charge in [0.2, 0.25) is 11.8 Å². The third-order valence-corrected chi connectivity index (χ3v) is 9.31. The molecule has 248 valence electrons. The Bertz CT molecular complexity index is 1750. The smallest absolute Gasteiger partial charge is 0.264 e. The molecular weight excluding hydrogens is 621 g/mol. The lowest BCUT2D eigenvalue weighted by atomic mass is 10.0. The van der Waals surface area contributed by atoms with Crippen molar-refractivity contribution in [2.45, 2.75) is 37.8 Å². The molecule has 9 nitrogen and oxygen atoms in total. The molecule has 11 heteroatoms. The maximum absolute atomic E-state index is 15.1. The third-order valence-electron chi connectivity index (χ3n) is 7.52. The van der Waals surface area contributed by atoms with Crippen molar-refractivity contribution in [2.75, 3.05) is 31.6 Å². The summed E-state index contributed by atoms with van der Waals surface area (Å²) in [6, 6.07) is 26.3. The predicted octanol–water partition coefficient (Wildman–Crippen LogP) is 5.45. The lowest BCUT2D eigenvalue weighted by molar-refractivity contribution is -0.140. The fraction of sp³-hybridized carbons (Fsp3) is 0.278. The molecule has 4 aromatic rings. The van der Waals surface area contributed by atoms with E-state index in [2.05, 4.69) is 5.32 Å². The van der Waals surface area contributed by atoms with Gasteiger partial charge in [-0.15, -0.1) is 0 Å². The highest BCUT2D eigenvalue weighted by Gasteiger charge is 2.35. The van der Waals surface area contributed by atoms with Gasteiger partial charge in [0.25, 0.3) is 10.0 Å². The zero-order valence-corrected chi connectivity index (χ0v) is 27.7. The molecule has 0 spiro atoms. The van der Waals surface area contributed by atoms with Gasteiger partial charge >= 0.3 is 0 Å². The molecule has 1 atom stereocenters. The van der Waals surface area contributed by atoms with Gasteiger partial charge in [-0.1, -0.05) is 80.6 Å². The van der Waals surface area contributed by atoms with Gasteiger partial charge < -0.3 is 19.7 Å². The van der Waals surface area contributed by atoms with Crippen molar-refractivity contribution in [3.8, 4) is 11.5 Å². The summed E-state index contributed by atoms with van der Waals surface area (Å²) in [4.78, 5) is 29.6. The molecule has 0 fully saturated rings. The standard InChI is InChI=1S/C36H40FN3O6S/c1-26(2)23-38-36(42)32(21-27-13-7-5-8-14-27)39(24-28-15-11-12-18-31(28)37)35(41)25-40(47(43,44)30-16-9-6-10-17-30)29-19-20-33(45-3)34(22-29)46-4/h5-20,22,26,32H,21,23-25H2,1-4H3,(H,38,42). The van der Waals surface area contributed by atoms with Gasteiger partial charge in [0, 0.05) is 31.1 Å². The molecule has 4 rings (SSSR count). The molecule has 1 unspecified atom stereocenters. The Morgan fingerprint density at radius 3 is 2.06 bits per heavy atom. The second kappa shape index (κ2) is 16.1. The van der Waals surface area contributed by atoms with Crippen LogP contribution in [0, 0.1) is 11.7 Å². The maximum atomic E-state index is 15.1. The van der Waals surface area contributed by atoms with Crippen molar-refractivity contribution in [3.05, 3.63) is 120 Å². The van der Waals surface area contributed by atoms with Crippen LogP contribution in [0.3, 0.4) is 0 Å². The molecule has 0 aliphatic carbocycles. The fourth-order valence-corrected chi connectivity index (χ4v) is 6.44. The Kier molecular flexibility index (Phi) is 12.0. The van der Waals surface area contributed by atoms with E-state index in [0.717, 1.165) is 9.87 Å². The Labute approximate surface area is 276 Å². The number of benzene rings is 4. The number of halogens is 1. The highest BCUT2D eigenvalue weighted by atomic mass is 32.2. The second-order valence-corrected chi connectivity index (χ2v) is 13.2. The summed E-state index contributed by atoms with van der Waals surface area (Å²) in [5.74, 6) is -0.947. The number of carbonyl (C=O) groups excluding carboxylic acids is 2. The molecule has 0 saturated carbocycles. The molecule has 0 aliphatic rings. The van der Waals surface area contributed by atoms with Crippen molar-refractivity contribution in [2.24, 2.45) is 5.92 Å². The molecule has 0 saturated heterocycles. The number of hydrogen-bond donors (Lipinski definition) is 1. The Balaban J connectivity index is 1.84. The highest BCUT2D eigenvalue weighted by Crippen LogP contribution is 2.34. The number of sulfonamides is 1. The van der Waals surface area contributed by atoms with E-state index < -0.39 is 40.2 Å². The summed E-state index contributed by atoms with van der Waals surface area (Å²) in [5, 5.41) is 2.92. The van der Waals surface area contributed by atoms with Crippen molar-refractivity contribution in [1.82, 2.24) is 10.2 Å². The lowest BCUT2D eigenvalue weighted by Crippen LogP contribution is -2.53. The molecule has 0 heterocycles. The van der Waals surface area contributed by atoms with Crippen LogP contribution in [0.5, 0.6) is 11.5 Å². The van der Waals surface area contributed by atoms with E-state index in [0.29, 0.717) is 12.3 Å². The topological polar surface area (TPSA) is 105 Å². The predicted molar refractivity (Wildman–Crippen MR) is 179 cm³/mol. The highest BCUT2D eigenvalue weighted by molar-refractivity contribution is 7.92. The number of nitrogens with one attached hydrogen (secondary N) is 1. The monoisotopic (exact) mass is 661 g/mol. The first-order valence-corrected chi connectivity index (χ1v) is 16.6. The van der Waals surface area contributed by atoms with Gasteiger partial charge in [-0.05, 0) is 41.8 Å². The summed E-state index contributed by atoms with van der Waals surface area (Å²) < 4.78 is 55.2. The molecule has 0 bridgehead atoms. The average Bonchev–Trinajstić information content (AvgIpc) is 3.08. The van der Waals surface area contributed by atoms with E-state index in [-0.39, 0.29) is 40.8 Å². The maximum Gasteiger partial charge on any atom is 0.264 e. The van der Waals surface area contributed by atoms with E-state index in [1.54, 1.807) is 30.3 Å². The van der Waals surface area contributed by atoms with Crippen LogP contribution in [0.2, 0.25) is 0 Å². The van der Waals surface area contributed by atoms with Crippen LogP contribution in [-0.4, -0.2) is 58.5 Å². The Morgan fingerprint density at radius 1 is 0.830 bits per heavy atom. The minimum absolute atomic E-state index is 0.0428. The van der Waals surface area contributed by atoms with Crippen molar-refractivity contribution in [3.63, 3.8) is 0 Å². The van der Waals surface area contributed by atoms with Crippen LogP contribution in [-0.2, 0) is 32.6 Å². The minimum atomic E-state index is -4.32. The SMILES string of the molecule is COc1ccc(N(CC(=O)N(Cc2ccccc2F)C(Cc2ccccc2)C(=O)NCC(C)C)S(=O)(=O)c2ccccc2)cc1OC. The number of carbonyl (C=O) groups is 2. The number of anilines is 1. The number of hydrogen-bond acceptors (Lipinski definition) is 6. The number of rotatable bonds is 15. The fourth-order valence-electron chi connectivity index (χ4n) is 5.02. The van der Waals surface area contributed by atoms with Gasteiger partial charge in [-0.2, -0.15) is 0 Å². The average molecular weight is 662 g/mol. The zero-order chi connectivity index (χ0) is 34.0. The molecule has 1 N–H and O–H groups in total. The number of nitrogens with zero attached hydrogens (tertiary/aromatic N) is 2. The van der Waals surface area contributed by atoms with Crippen molar-refractivity contribution < 1.29 is 31.9 Å². The van der Waals surface area contributed by atoms with Gasteiger partial charge in [0.1, 0.15) is 18.4 Å². The minimum Gasteiger partial charge on any atom is -0.493 e. The van der Waals surface area contributed by atoms with Crippen LogP contribution in [0.15, 0.2) is 108 Å². The number of methoxy groups -OCH3 is 2. The molecule has 0 aromatic heterocycles. The van der Waals surface area contributed by atoms with Crippen LogP contribution >= 0.6 is 0 Å². The molecule has 0 radical (unpaired) electrons. The van der Waals surface area contributed by atoms with E-state index >= 15 is 4.39 Å². The van der Waals surface area contributed by atoms with Gasteiger partial charge in [0.15, 0.2) is 11.5 Å². The molecule has 47 heavy (non-hydrogen) atoms.